The number of amides is 1. The van der Waals surface area contributed by atoms with E-state index in [1.807, 2.05) is 13.8 Å². The molecular formula is C18H23N3O4. The maximum Gasteiger partial charge on any atom is 0.257 e. The van der Waals surface area contributed by atoms with Gasteiger partial charge < -0.3 is 20.6 Å². The summed E-state index contributed by atoms with van der Waals surface area (Å²) in [6.07, 6.45) is 1.80. The van der Waals surface area contributed by atoms with Crippen molar-refractivity contribution in [2.45, 2.75) is 32.7 Å². The zero-order valence-corrected chi connectivity index (χ0v) is 14.8. The molecule has 0 aliphatic rings. The molecule has 0 aliphatic heterocycles. The zero-order chi connectivity index (χ0) is 18.7. The lowest BCUT2D eigenvalue weighted by Crippen LogP contribution is -2.38. The number of benzene rings is 1. The first-order chi connectivity index (χ1) is 11.8. The normalized spacial score (nSPS) is 12.0. The summed E-state index contributed by atoms with van der Waals surface area (Å²) < 4.78 is 0. The molecule has 2 rings (SSSR count). The molecule has 25 heavy (non-hydrogen) atoms. The molecular weight excluding hydrogens is 322 g/mol. The number of nitrogens with zero attached hydrogens (tertiary/aromatic N) is 1. The average Bonchev–Trinajstić information content (AvgIpc) is 2.58. The Morgan fingerprint density at radius 3 is 2.44 bits per heavy atom. The Kier molecular flexibility index (Phi) is 5.46. The van der Waals surface area contributed by atoms with Crippen molar-refractivity contribution in [2.75, 3.05) is 24.7 Å². The summed E-state index contributed by atoms with van der Waals surface area (Å²) in [6, 6.07) is 4.67. The fraction of sp³-hybridized carbons (Fsp3) is 0.389. The minimum atomic E-state index is -0.644. The molecule has 3 N–H and O–H groups in total. The van der Waals surface area contributed by atoms with Crippen LogP contribution in [0.25, 0.3) is 0 Å². The minimum absolute atomic E-state index is 0.0455. The van der Waals surface area contributed by atoms with E-state index in [1.165, 1.54) is 17.0 Å². The molecule has 0 saturated heterocycles. The zero-order valence-electron chi connectivity index (χ0n) is 14.8. The highest BCUT2D eigenvalue weighted by molar-refractivity contribution is 5.99. The first-order valence-electron chi connectivity index (χ1n) is 8.18. The van der Waals surface area contributed by atoms with Crippen LogP contribution in [0.5, 0.6) is 5.75 Å². The topological polar surface area (TPSA) is 98.7 Å². The van der Waals surface area contributed by atoms with Gasteiger partial charge in [-0.25, -0.2) is 0 Å². The molecule has 0 aromatic heterocycles. The van der Waals surface area contributed by atoms with Crippen molar-refractivity contribution >= 4 is 23.0 Å². The first kappa shape index (κ1) is 18.5. The summed E-state index contributed by atoms with van der Waals surface area (Å²) in [4.78, 5) is 37.1. The molecule has 0 aliphatic carbocycles. The number of para-hydroxylation sites is 1. The largest absolute Gasteiger partial charge is 0.505 e. The van der Waals surface area contributed by atoms with Crippen molar-refractivity contribution in [3.8, 4) is 5.75 Å². The van der Waals surface area contributed by atoms with Gasteiger partial charge in [-0.05, 0) is 25.5 Å². The SMILES string of the molecule is CCCC(C)Nc1c(Nc2cccc(C(=O)N(C)C)c2O)c(=O)c1=O. The van der Waals surface area contributed by atoms with Crippen LogP contribution in [0.3, 0.4) is 0 Å². The molecule has 0 spiro atoms. The maximum absolute atomic E-state index is 12.1. The Balaban J connectivity index is 2.31. The van der Waals surface area contributed by atoms with E-state index in [2.05, 4.69) is 10.6 Å². The number of hydrogen-bond donors (Lipinski definition) is 3. The lowest BCUT2D eigenvalue weighted by molar-refractivity contribution is 0.0824. The van der Waals surface area contributed by atoms with Gasteiger partial charge in [-0.1, -0.05) is 19.4 Å². The molecule has 0 saturated carbocycles. The van der Waals surface area contributed by atoms with Crippen molar-refractivity contribution in [1.82, 2.24) is 4.90 Å². The number of phenols is 1. The third-order valence-corrected chi connectivity index (χ3v) is 3.96. The van der Waals surface area contributed by atoms with Crippen molar-refractivity contribution in [2.24, 2.45) is 0 Å². The molecule has 1 unspecified atom stereocenters. The third kappa shape index (κ3) is 3.65. The smallest absolute Gasteiger partial charge is 0.257 e. The summed E-state index contributed by atoms with van der Waals surface area (Å²) in [6.45, 7) is 3.96. The fourth-order valence-corrected chi connectivity index (χ4v) is 2.59. The second-order valence-electron chi connectivity index (χ2n) is 6.27. The predicted octanol–water partition coefficient (Wildman–Crippen LogP) is 2.03. The van der Waals surface area contributed by atoms with Gasteiger partial charge in [0.2, 0.25) is 0 Å². The summed E-state index contributed by atoms with van der Waals surface area (Å²) in [5, 5.41) is 16.1. The quantitative estimate of drug-likeness (QED) is 0.525. The van der Waals surface area contributed by atoms with Gasteiger partial charge in [0.15, 0.2) is 5.75 Å². The number of carbonyl (C=O) groups excluding carboxylic acids is 1. The highest BCUT2D eigenvalue weighted by Gasteiger charge is 2.24. The van der Waals surface area contributed by atoms with E-state index >= 15 is 0 Å². The van der Waals surface area contributed by atoms with Crippen LogP contribution in [-0.4, -0.2) is 36.1 Å². The molecule has 7 heteroatoms. The van der Waals surface area contributed by atoms with Crippen LogP contribution in [0.2, 0.25) is 0 Å². The van der Waals surface area contributed by atoms with Gasteiger partial charge in [-0.3, -0.25) is 14.4 Å². The molecule has 0 bridgehead atoms. The highest BCUT2D eigenvalue weighted by atomic mass is 16.3. The van der Waals surface area contributed by atoms with Crippen LogP contribution >= 0.6 is 0 Å². The minimum Gasteiger partial charge on any atom is -0.505 e. The van der Waals surface area contributed by atoms with Gasteiger partial charge in [0.25, 0.3) is 16.8 Å². The highest BCUT2D eigenvalue weighted by Crippen LogP contribution is 2.32. The number of hydrogen-bond acceptors (Lipinski definition) is 6. The molecule has 7 nitrogen and oxygen atoms in total. The summed E-state index contributed by atoms with van der Waals surface area (Å²) in [5.74, 6) is -0.622. The number of carbonyl (C=O) groups is 1. The Hall–Kier alpha value is -2.83. The van der Waals surface area contributed by atoms with E-state index in [-0.39, 0.29) is 40.3 Å². The predicted molar refractivity (Wildman–Crippen MR) is 98.8 cm³/mol. The first-order valence-corrected chi connectivity index (χ1v) is 8.18. The Morgan fingerprint density at radius 1 is 1.20 bits per heavy atom. The lowest BCUT2D eigenvalue weighted by Gasteiger charge is -2.20. The summed E-state index contributed by atoms with van der Waals surface area (Å²) in [7, 11) is 3.16. The molecule has 134 valence electrons. The molecule has 0 fully saturated rings. The van der Waals surface area contributed by atoms with Crippen molar-refractivity contribution < 1.29 is 9.90 Å². The Labute approximate surface area is 146 Å². The molecule has 0 heterocycles. The van der Waals surface area contributed by atoms with Crippen LogP contribution in [0, 0.1) is 0 Å². The summed E-state index contributed by atoms with van der Waals surface area (Å²) in [5.41, 5.74) is -0.582. The number of aromatic hydroxyl groups is 1. The van der Waals surface area contributed by atoms with Crippen LogP contribution in [-0.2, 0) is 0 Å². The monoisotopic (exact) mass is 345 g/mol. The standard InChI is InChI=1S/C18H23N3O4/c1-5-7-10(2)19-13-14(17(24)16(13)23)20-12-9-6-8-11(15(12)22)18(25)21(3)4/h6,8-10,19-20,22H,5,7H2,1-4H3. The molecule has 1 atom stereocenters. The Morgan fingerprint density at radius 2 is 1.84 bits per heavy atom. The second-order valence-corrected chi connectivity index (χ2v) is 6.27. The molecule has 1 amide bonds. The van der Waals surface area contributed by atoms with Gasteiger partial charge in [0.05, 0.1) is 11.3 Å². The molecule has 0 radical (unpaired) electrons. The van der Waals surface area contributed by atoms with Gasteiger partial charge in [0.1, 0.15) is 11.4 Å². The third-order valence-electron chi connectivity index (χ3n) is 3.96. The van der Waals surface area contributed by atoms with E-state index in [9.17, 15) is 19.5 Å². The molecule has 2 aromatic rings. The Bertz CT molecular complexity index is 851. The van der Waals surface area contributed by atoms with Gasteiger partial charge in [-0.15, -0.1) is 0 Å². The maximum atomic E-state index is 12.1. The van der Waals surface area contributed by atoms with Gasteiger partial charge in [-0.2, -0.15) is 0 Å². The van der Waals surface area contributed by atoms with Crippen LogP contribution < -0.4 is 21.5 Å². The number of nitrogens with one attached hydrogen (secondary N) is 2. The van der Waals surface area contributed by atoms with E-state index < -0.39 is 10.9 Å². The number of rotatable bonds is 7. The second kappa shape index (κ2) is 7.38. The van der Waals surface area contributed by atoms with Gasteiger partial charge >= 0.3 is 0 Å². The van der Waals surface area contributed by atoms with E-state index in [0.29, 0.717) is 0 Å². The van der Waals surface area contributed by atoms with Crippen LogP contribution in [0.15, 0.2) is 27.8 Å². The number of anilines is 3. The molecule has 2 aromatic carbocycles. The fourth-order valence-electron chi connectivity index (χ4n) is 2.59. The average molecular weight is 345 g/mol. The van der Waals surface area contributed by atoms with Crippen molar-refractivity contribution in [3.63, 3.8) is 0 Å². The van der Waals surface area contributed by atoms with Crippen LogP contribution in [0.4, 0.5) is 17.1 Å². The summed E-state index contributed by atoms with van der Waals surface area (Å²) >= 11 is 0. The van der Waals surface area contributed by atoms with Crippen molar-refractivity contribution in [1.29, 1.82) is 0 Å². The lowest BCUT2D eigenvalue weighted by atomic mass is 10.1. The van der Waals surface area contributed by atoms with Crippen molar-refractivity contribution in [3.05, 3.63) is 44.2 Å². The van der Waals surface area contributed by atoms with Gasteiger partial charge in [0, 0.05) is 20.1 Å². The van der Waals surface area contributed by atoms with E-state index in [1.54, 1.807) is 20.2 Å². The van der Waals surface area contributed by atoms with Crippen LogP contribution in [0.1, 0.15) is 37.0 Å². The van der Waals surface area contributed by atoms with E-state index in [4.69, 9.17) is 0 Å². The van der Waals surface area contributed by atoms with E-state index in [0.717, 1.165) is 12.8 Å². The number of phenolic OH excluding ortho intramolecular Hbond substituents is 1.